The minimum atomic E-state index is 0.851. The molecule has 0 bridgehead atoms. The highest BCUT2D eigenvalue weighted by molar-refractivity contribution is 5.03. The molecule has 0 aromatic heterocycles. The largest absolute Gasteiger partial charge is 0.0625 e. The number of hydrogen-bond acceptors (Lipinski definition) is 0. The summed E-state index contributed by atoms with van der Waals surface area (Å²) in [6, 6.07) is 0. The summed E-state index contributed by atoms with van der Waals surface area (Å²) in [5.41, 5.74) is 0.851. The van der Waals surface area contributed by atoms with Crippen LogP contribution in [-0.4, -0.2) is 0 Å². The average Bonchev–Trinajstić information content (AvgIpc) is 1.78. The smallest absolute Gasteiger partial charge is 0.0287 e. The molecule has 0 aliphatic heterocycles. The van der Waals surface area contributed by atoms with Crippen LogP contribution in [-0.2, 0) is 0 Å². The molecule has 0 aromatic rings. The van der Waals surface area contributed by atoms with Crippen LogP contribution in [0, 0.1) is 29.1 Å². The first-order chi connectivity index (χ1) is 6.02. The van der Waals surface area contributed by atoms with Crippen LogP contribution in [0.3, 0.4) is 0 Å². The van der Waals surface area contributed by atoms with Gasteiger partial charge in [-0.3, -0.25) is 0 Å². The van der Waals surface area contributed by atoms with Crippen molar-refractivity contribution in [2.24, 2.45) is 29.1 Å². The zero-order valence-corrected chi connectivity index (χ0v) is 9.64. The summed E-state index contributed by atoms with van der Waals surface area (Å²) < 4.78 is 0. The molecule has 0 radical (unpaired) electrons. The Balaban J connectivity index is 1.76. The predicted octanol–water partition coefficient (Wildman–Crippen LogP) is 4.10. The van der Waals surface area contributed by atoms with E-state index in [-0.39, 0.29) is 0 Å². The second-order valence-electron chi connectivity index (χ2n) is 6.32. The molecule has 0 heterocycles. The lowest BCUT2D eigenvalue weighted by molar-refractivity contribution is -0.0955. The third kappa shape index (κ3) is 1.53. The maximum atomic E-state index is 2.39. The van der Waals surface area contributed by atoms with E-state index in [4.69, 9.17) is 0 Å². The fraction of sp³-hybridized carbons (Fsp3) is 1.00. The highest BCUT2D eigenvalue weighted by atomic mass is 14.6. The van der Waals surface area contributed by atoms with Crippen LogP contribution < -0.4 is 0 Å². The SMILES string of the molecule is CC(C)C1CC2(C1)CC(C(C)C)C2. The van der Waals surface area contributed by atoms with E-state index in [1.807, 2.05) is 0 Å². The van der Waals surface area contributed by atoms with Gasteiger partial charge in [-0.15, -0.1) is 0 Å². The lowest BCUT2D eigenvalue weighted by Gasteiger charge is -2.60. The molecule has 0 unspecified atom stereocenters. The van der Waals surface area contributed by atoms with E-state index in [2.05, 4.69) is 27.7 Å². The molecule has 2 fully saturated rings. The third-order valence-corrected chi connectivity index (χ3v) is 4.67. The van der Waals surface area contributed by atoms with E-state index in [0.717, 1.165) is 29.1 Å². The zero-order chi connectivity index (χ0) is 9.64. The van der Waals surface area contributed by atoms with Crippen molar-refractivity contribution < 1.29 is 0 Å². The molecule has 0 N–H and O–H groups in total. The molecule has 0 saturated heterocycles. The van der Waals surface area contributed by atoms with Crippen LogP contribution in [0.5, 0.6) is 0 Å². The molecule has 0 aromatic carbocycles. The van der Waals surface area contributed by atoms with Gasteiger partial charge in [-0.25, -0.2) is 0 Å². The zero-order valence-electron chi connectivity index (χ0n) is 9.64. The fourth-order valence-corrected chi connectivity index (χ4v) is 3.38. The standard InChI is InChI=1S/C13H24/c1-9(2)11-5-13(6-11)7-12(8-13)10(3)4/h9-12H,5-8H2,1-4H3. The number of hydrogen-bond donors (Lipinski definition) is 0. The van der Waals surface area contributed by atoms with Gasteiger partial charge in [0.15, 0.2) is 0 Å². The van der Waals surface area contributed by atoms with E-state index in [9.17, 15) is 0 Å². The molecule has 2 aliphatic rings. The summed E-state index contributed by atoms with van der Waals surface area (Å²) in [4.78, 5) is 0. The lowest BCUT2D eigenvalue weighted by atomic mass is 9.45. The molecule has 0 amide bonds. The van der Waals surface area contributed by atoms with E-state index in [0.29, 0.717) is 0 Å². The topological polar surface area (TPSA) is 0 Å². The summed E-state index contributed by atoms with van der Waals surface area (Å²) in [5.74, 6) is 3.99. The van der Waals surface area contributed by atoms with E-state index < -0.39 is 0 Å². The summed E-state index contributed by atoms with van der Waals surface area (Å²) in [6.45, 7) is 9.54. The highest BCUT2D eigenvalue weighted by Gasteiger charge is 2.53. The summed E-state index contributed by atoms with van der Waals surface area (Å²) in [6.07, 6.45) is 6.20. The Morgan fingerprint density at radius 2 is 1.08 bits per heavy atom. The molecule has 0 atom stereocenters. The Kier molecular flexibility index (Phi) is 2.20. The van der Waals surface area contributed by atoms with Crippen LogP contribution in [0.25, 0.3) is 0 Å². The van der Waals surface area contributed by atoms with E-state index >= 15 is 0 Å². The van der Waals surface area contributed by atoms with Gasteiger partial charge in [0.05, 0.1) is 0 Å². The van der Waals surface area contributed by atoms with E-state index in [1.54, 1.807) is 25.7 Å². The fourth-order valence-electron chi connectivity index (χ4n) is 3.38. The monoisotopic (exact) mass is 180 g/mol. The van der Waals surface area contributed by atoms with Crippen LogP contribution >= 0.6 is 0 Å². The predicted molar refractivity (Wildman–Crippen MR) is 57.6 cm³/mol. The number of rotatable bonds is 2. The Hall–Kier alpha value is 0. The van der Waals surface area contributed by atoms with Crippen LogP contribution in [0.2, 0.25) is 0 Å². The van der Waals surface area contributed by atoms with Gasteiger partial charge in [-0.1, -0.05) is 27.7 Å². The molecule has 2 saturated carbocycles. The Labute approximate surface area is 83.1 Å². The van der Waals surface area contributed by atoms with Gasteiger partial charge in [0.2, 0.25) is 0 Å². The second-order valence-corrected chi connectivity index (χ2v) is 6.32. The molecule has 2 rings (SSSR count). The van der Waals surface area contributed by atoms with Gasteiger partial charge in [0.25, 0.3) is 0 Å². The van der Waals surface area contributed by atoms with Crippen molar-refractivity contribution in [2.75, 3.05) is 0 Å². The highest BCUT2D eigenvalue weighted by Crippen LogP contribution is 2.63. The van der Waals surface area contributed by atoms with Crippen molar-refractivity contribution in [3.63, 3.8) is 0 Å². The molecule has 1 spiro atoms. The van der Waals surface area contributed by atoms with Gasteiger partial charge in [-0.2, -0.15) is 0 Å². The van der Waals surface area contributed by atoms with Crippen molar-refractivity contribution in [3.05, 3.63) is 0 Å². The van der Waals surface area contributed by atoms with Crippen LogP contribution in [0.15, 0.2) is 0 Å². The molecule has 0 nitrogen and oxygen atoms in total. The molecular weight excluding hydrogens is 156 g/mol. The van der Waals surface area contributed by atoms with Crippen LogP contribution in [0.1, 0.15) is 53.4 Å². The van der Waals surface area contributed by atoms with Crippen molar-refractivity contribution in [2.45, 2.75) is 53.4 Å². The first-order valence-electron chi connectivity index (χ1n) is 6.02. The molecule has 76 valence electrons. The van der Waals surface area contributed by atoms with Crippen molar-refractivity contribution in [1.29, 1.82) is 0 Å². The average molecular weight is 180 g/mol. The summed E-state index contributed by atoms with van der Waals surface area (Å²) >= 11 is 0. The third-order valence-electron chi connectivity index (χ3n) is 4.67. The van der Waals surface area contributed by atoms with Gasteiger partial charge >= 0.3 is 0 Å². The molecule has 13 heavy (non-hydrogen) atoms. The van der Waals surface area contributed by atoms with Gasteiger partial charge < -0.3 is 0 Å². The van der Waals surface area contributed by atoms with Gasteiger partial charge in [0.1, 0.15) is 0 Å². The Morgan fingerprint density at radius 3 is 1.31 bits per heavy atom. The summed E-state index contributed by atoms with van der Waals surface area (Å²) in [5, 5.41) is 0. The lowest BCUT2D eigenvalue weighted by Crippen LogP contribution is -2.50. The molecular formula is C13H24. The maximum absolute atomic E-state index is 2.39. The first kappa shape index (κ1) is 9.55. The van der Waals surface area contributed by atoms with Gasteiger partial charge in [0, 0.05) is 0 Å². The Morgan fingerprint density at radius 1 is 0.769 bits per heavy atom. The second kappa shape index (κ2) is 3.00. The molecule has 0 heteroatoms. The van der Waals surface area contributed by atoms with E-state index in [1.165, 1.54) is 0 Å². The minimum Gasteiger partial charge on any atom is -0.0625 e. The normalized spacial score (nSPS) is 43.8. The summed E-state index contributed by atoms with van der Waals surface area (Å²) in [7, 11) is 0. The molecule has 2 aliphatic carbocycles. The van der Waals surface area contributed by atoms with Crippen molar-refractivity contribution in [3.8, 4) is 0 Å². The minimum absolute atomic E-state index is 0.851. The van der Waals surface area contributed by atoms with Crippen molar-refractivity contribution in [1.82, 2.24) is 0 Å². The maximum Gasteiger partial charge on any atom is -0.0287 e. The van der Waals surface area contributed by atoms with Crippen molar-refractivity contribution >= 4 is 0 Å². The first-order valence-corrected chi connectivity index (χ1v) is 6.02. The Bertz CT molecular complexity index is 153. The van der Waals surface area contributed by atoms with Crippen LogP contribution in [0.4, 0.5) is 0 Å². The quantitative estimate of drug-likeness (QED) is 0.600. The van der Waals surface area contributed by atoms with Gasteiger partial charge in [-0.05, 0) is 54.8 Å².